The molecule has 15 heteroatoms. The van der Waals surface area contributed by atoms with Crippen LogP contribution < -0.4 is 14.9 Å². The zero-order valence-corrected chi connectivity index (χ0v) is 27.3. The lowest BCUT2D eigenvalue weighted by Crippen LogP contribution is -2.36. The minimum Gasteiger partial charge on any atom is -0.378 e. The monoisotopic (exact) mass is 668 g/mol. The summed E-state index contributed by atoms with van der Waals surface area (Å²) in [7, 11) is -3.88. The van der Waals surface area contributed by atoms with E-state index in [0.29, 0.717) is 41.9 Å². The molecule has 1 aromatic carbocycles. The Morgan fingerprint density at radius 3 is 2.52 bits per heavy atom. The number of aryl methyl sites for hydroxylation is 1. The first-order valence-corrected chi connectivity index (χ1v) is 17.3. The summed E-state index contributed by atoms with van der Waals surface area (Å²) in [6, 6.07) is 12.9. The van der Waals surface area contributed by atoms with Crippen LogP contribution in [0.4, 0.5) is 23.1 Å². The van der Waals surface area contributed by atoms with Gasteiger partial charge in [0.05, 0.1) is 52.1 Å². The second-order valence-electron chi connectivity index (χ2n) is 10.3. The van der Waals surface area contributed by atoms with Crippen molar-refractivity contribution >= 4 is 67.4 Å². The maximum absolute atomic E-state index is 13.1. The predicted molar refractivity (Wildman–Crippen MR) is 176 cm³/mol. The van der Waals surface area contributed by atoms with Crippen molar-refractivity contribution in [3.63, 3.8) is 0 Å². The highest BCUT2D eigenvalue weighted by Crippen LogP contribution is 2.39. The molecule has 0 atom stereocenters. The molecule has 44 heavy (non-hydrogen) atoms. The van der Waals surface area contributed by atoms with Crippen molar-refractivity contribution in [3.8, 4) is 21.8 Å². The van der Waals surface area contributed by atoms with E-state index in [9.17, 15) is 8.42 Å². The van der Waals surface area contributed by atoms with Crippen LogP contribution in [0.1, 0.15) is 30.5 Å². The summed E-state index contributed by atoms with van der Waals surface area (Å²) in [5.74, 6) is 1.51. The lowest BCUT2D eigenvalue weighted by atomic mass is 10.1. The summed E-state index contributed by atoms with van der Waals surface area (Å²) in [5.41, 5.74) is 3.67. The highest BCUT2D eigenvalue weighted by molar-refractivity contribution is 7.94. The van der Waals surface area contributed by atoms with Gasteiger partial charge in [-0.1, -0.05) is 48.9 Å². The van der Waals surface area contributed by atoms with E-state index in [4.69, 9.17) is 26.3 Å². The summed E-state index contributed by atoms with van der Waals surface area (Å²) in [6.45, 7) is 8.81. The third-order valence-electron chi connectivity index (χ3n) is 6.73. The summed E-state index contributed by atoms with van der Waals surface area (Å²) in [6.07, 6.45) is 3.47. The number of anilines is 4. The van der Waals surface area contributed by atoms with E-state index in [1.54, 1.807) is 48.9 Å². The molecule has 5 heterocycles. The molecule has 11 nitrogen and oxygen atoms in total. The third-order valence-corrected chi connectivity index (χ3v) is 11.4. The van der Waals surface area contributed by atoms with Gasteiger partial charge in [0.15, 0.2) is 8.68 Å². The zero-order chi connectivity index (χ0) is 30.8. The van der Waals surface area contributed by atoms with Gasteiger partial charge in [0.2, 0.25) is 5.95 Å². The fraction of sp³-hybridized carbons (Fsp3) is 0.276. The normalized spacial score (nSPS) is 13.8. The molecule has 6 rings (SSSR count). The number of benzene rings is 1. The number of nitrogens with zero attached hydrogens (tertiary/aromatic N) is 6. The summed E-state index contributed by atoms with van der Waals surface area (Å²) >= 11 is 8.43. The Labute approximate surface area is 268 Å². The number of hydrogen-bond acceptors (Lipinski definition) is 12. The molecular weight excluding hydrogens is 640 g/mol. The van der Waals surface area contributed by atoms with Crippen LogP contribution in [0.3, 0.4) is 0 Å². The highest BCUT2D eigenvalue weighted by Gasteiger charge is 2.23. The Morgan fingerprint density at radius 2 is 1.82 bits per heavy atom. The Kier molecular flexibility index (Phi) is 8.78. The van der Waals surface area contributed by atoms with Gasteiger partial charge in [-0.05, 0) is 37.3 Å². The summed E-state index contributed by atoms with van der Waals surface area (Å²) < 4.78 is 34.5. The molecule has 0 bridgehead atoms. The van der Waals surface area contributed by atoms with Gasteiger partial charge in [0, 0.05) is 36.5 Å². The van der Waals surface area contributed by atoms with E-state index in [1.807, 2.05) is 24.3 Å². The van der Waals surface area contributed by atoms with Crippen LogP contribution in [-0.2, 0) is 14.8 Å². The molecule has 1 saturated heterocycles. The Hall–Kier alpha value is -3.69. The van der Waals surface area contributed by atoms with Crippen LogP contribution in [0.5, 0.6) is 0 Å². The van der Waals surface area contributed by atoms with E-state index < -0.39 is 10.0 Å². The van der Waals surface area contributed by atoms with Crippen molar-refractivity contribution in [2.45, 2.75) is 30.9 Å². The van der Waals surface area contributed by atoms with Gasteiger partial charge in [-0.25, -0.2) is 33.3 Å². The fourth-order valence-electron chi connectivity index (χ4n) is 4.60. The van der Waals surface area contributed by atoms with E-state index in [0.717, 1.165) is 51.4 Å². The number of thiazole rings is 2. The molecule has 0 amide bonds. The molecular formula is C29H29ClN8O3S3. The van der Waals surface area contributed by atoms with Crippen molar-refractivity contribution in [2.75, 3.05) is 41.2 Å². The van der Waals surface area contributed by atoms with Crippen molar-refractivity contribution in [1.29, 1.82) is 0 Å². The van der Waals surface area contributed by atoms with Crippen LogP contribution in [0.15, 0.2) is 59.1 Å². The van der Waals surface area contributed by atoms with Crippen molar-refractivity contribution in [1.82, 2.24) is 24.9 Å². The molecule has 2 N–H and O–H groups in total. The SMILES string of the molecule is Cc1nc(Cl)sc1S(=O)(=O)Nc1cccc(-c2nc(C(C)C)sc2-c2ccnc(Nc3ccc(N4CCOCC4)nc3)n2)c1. The van der Waals surface area contributed by atoms with Crippen LogP contribution >= 0.6 is 34.3 Å². The Balaban J connectivity index is 1.28. The molecule has 4 aromatic heterocycles. The number of nitrogens with one attached hydrogen (secondary N) is 2. The number of rotatable bonds is 9. The molecule has 0 radical (unpaired) electrons. The van der Waals surface area contributed by atoms with Crippen molar-refractivity contribution in [3.05, 3.63) is 70.0 Å². The standard InChI is InChI=1S/C29H29ClN8O3S3/c1-17(2)26-36-24(19-5-4-6-20(15-19)37-44(39,40)27-18(3)33-28(30)43-27)25(42-26)22-9-10-31-29(35-22)34-21-7-8-23(32-16-21)38-11-13-41-14-12-38/h4-10,15-17,37H,11-14H2,1-3H3,(H,31,34,35). The second kappa shape index (κ2) is 12.7. The number of morpholine rings is 1. The van der Waals surface area contributed by atoms with Crippen molar-refractivity contribution < 1.29 is 13.2 Å². The first-order chi connectivity index (χ1) is 21.2. The van der Waals surface area contributed by atoms with Gasteiger partial charge < -0.3 is 15.0 Å². The summed E-state index contributed by atoms with van der Waals surface area (Å²) in [4.78, 5) is 25.9. The van der Waals surface area contributed by atoms with Crippen LogP contribution in [-0.4, -0.2) is 59.6 Å². The molecule has 1 fully saturated rings. The lowest BCUT2D eigenvalue weighted by molar-refractivity contribution is 0.122. The molecule has 228 valence electrons. The number of ether oxygens (including phenoxy) is 1. The van der Waals surface area contributed by atoms with E-state index in [2.05, 4.69) is 43.7 Å². The molecule has 5 aromatic rings. The topological polar surface area (TPSA) is 135 Å². The van der Waals surface area contributed by atoms with E-state index in [-0.39, 0.29) is 14.6 Å². The minimum absolute atomic E-state index is 0.0799. The average molecular weight is 669 g/mol. The first kappa shape index (κ1) is 30.3. The van der Waals surface area contributed by atoms with Gasteiger partial charge in [0.1, 0.15) is 5.82 Å². The van der Waals surface area contributed by atoms with Crippen LogP contribution in [0.2, 0.25) is 4.47 Å². The lowest BCUT2D eigenvalue weighted by Gasteiger charge is -2.27. The Morgan fingerprint density at radius 1 is 1.00 bits per heavy atom. The van der Waals surface area contributed by atoms with Gasteiger partial charge in [-0.15, -0.1) is 11.3 Å². The molecule has 0 saturated carbocycles. The predicted octanol–water partition coefficient (Wildman–Crippen LogP) is 6.58. The zero-order valence-electron chi connectivity index (χ0n) is 24.1. The maximum Gasteiger partial charge on any atom is 0.273 e. The quantitative estimate of drug-likeness (QED) is 0.177. The molecule has 0 spiro atoms. The smallest absolute Gasteiger partial charge is 0.273 e. The van der Waals surface area contributed by atoms with Gasteiger partial charge in [0.25, 0.3) is 10.0 Å². The molecule has 0 unspecified atom stereocenters. The first-order valence-electron chi connectivity index (χ1n) is 13.8. The fourth-order valence-corrected chi connectivity index (χ4v) is 8.45. The van der Waals surface area contributed by atoms with Crippen LogP contribution in [0.25, 0.3) is 21.8 Å². The largest absolute Gasteiger partial charge is 0.378 e. The van der Waals surface area contributed by atoms with Crippen LogP contribution in [0, 0.1) is 6.92 Å². The van der Waals surface area contributed by atoms with Gasteiger partial charge in [-0.3, -0.25) is 4.72 Å². The second-order valence-corrected chi connectivity index (χ2v) is 14.8. The Bertz CT molecular complexity index is 1890. The van der Waals surface area contributed by atoms with Crippen molar-refractivity contribution in [2.24, 2.45) is 0 Å². The number of hydrogen-bond donors (Lipinski definition) is 2. The molecule has 0 aliphatic carbocycles. The minimum atomic E-state index is -3.88. The van der Waals surface area contributed by atoms with Gasteiger partial charge >= 0.3 is 0 Å². The number of aromatic nitrogens is 5. The van der Waals surface area contributed by atoms with E-state index in [1.165, 1.54) is 0 Å². The van der Waals surface area contributed by atoms with Gasteiger partial charge in [-0.2, -0.15) is 0 Å². The highest BCUT2D eigenvalue weighted by atomic mass is 35.5. The average Bonchev–Trinajstić information content (AvgIpc) is 3.62. The number of halogens is 1. The summed E-state index contributed by atoms with van der Waals surface area (Å²) in [5, 5.41) is 4.19. The number of sulfonamides is 1. The maximum atomic E-state index is 13.1. The van der Waals surface area contributed by atoms with E-state index >= 15 is 0 Å². The molecule has 1 aliphatic heterocycles. The number of pyridine rings is 1. The molecule has 1 aliphatic rings. The third kappa shape index (κ3) is 6.69.